The summed E-state index contributed by atoms with van der Waals surface area (Å²) in [5, 5.41) is 12.1. The number of nitrogens with one attached hydrogen (secondary N) is 1. The Hall–Kier alpha value is -2.77. The number of hydrogen-bond donors (Lipinski definition) is 2. The zero-order valence-corrected chi connectivity index (χ0v) is 15.3. The second kappa shape index (κ2) is 7.63. The number of aliphatic carboxylic acids is 1. The van der Waals surface area contributed by atoms with Crippen LogP contribution < -0.4 is 10.1 Å². The molecule has 1 aromatic rings. The minimum atomic E-state index is -1.10. The van der Waals surface area contributed by atoms with E-state index >= 15 is 0 Å². The highest BCUT2D eigenvalue weighted by molar-refractivity contribution is 5.88. The van der Waals surface area contributed by atoms with Gasteiger partial charge in [0.1, 0.15) is 23.5 Å². The third kappa shape index (κ3) is 5.37. The quantitative estimate of drug-likeness (QED) is 0.850. The van der Waals surface area contributed by atoms with Crippen molar-refractivity contribution in [2.75, 3.05) is 11.9 Å². The summed E-state index contributed by atoms with van der Waals surface area (Å²) in [6, 6.07) is 5.78. The molecule has 1 saturated heterocycles. The van der Waals surface area contributed by atoms with Crippen LogP contribution in [0.5, 0.6) is 5.75 Å². The van der Waals surface area contributed by atoms with Crippen LogP contribution in [0.25, 0.3) is 0 Å². The van der Waals surface area contributed by atoms with Crippen LogP contribution in [-0.4, -0.2) is 52.3 Å². The molecule has 8 nitrogen and oxygen atoms in total. The summed E-state index contributed by atoms with van der Waals surface area (Å²) >= 11 is 0. The molecule has 0 aromatic heterocycles. The van der Waals surface area contributed by atoms with Crippen LogP contribution in [0.4, 0.5) is 10.5 Å². The Morgan fingerprint density at radius 3 is 2.54 bits per heavy atom. The van der Waals surface area contributed by atoms with Crippen molar-refractivity contribution in [2.24, 2.45) is 0 Å². The van der Waals surface area contributed by atoms with Gasteiger partial charge in [0, 0.05) is 25.1 Å². The van der Waals surface area contributed by atoms with Crippen LogP contribution in [-0.2, 0) is 14.3 Å². The molecule has 142 valence electrons. The SMILES string of the molecule is CC(=O)Nc1cccc(O[C@H]2C[C@@H](C(=O)O)N(C(=O)OC(C)(C)C)C2)c1. The summed E-state index contributed by atoms with van der Waals surface area (Å²) in [5.74, 6) is -0.824. The van der Waals surface area contributed by atoms with Gasteiger partial charge >= 0.3 is 12.1 Å². The van der Waals surface area contributed by atoms with E-state index in [0.717, 1.165) is 0 Å². The molecule has 8 heteroatoms. The molecule has 2 atom stereocenters. The van der Waals surface area contributed by atoms with Gasteiger partial charge in [0.05, 0.1) is 6.54 Å². The Morgan fingerprint density at radius 2 is 1.96 bits per heavy atom. The van der Waals surface area contributed by atoms with E-state index in [9.17, 15) is 19.5 Å². The van der Waals surface area contributed by atoms with Gasteiger partial charge in [-0.15, -0.1) is 0 Å². The lowest BCUT2D eigenvalue weighted by atomic mass is 10.2. The molecule has 1 heterocycles. The van der Waals surface area contributed by atoms with Gasteiger partial charge in [0.2, 0.25) is 5.91 Å². The lowest BCUT2D eigenvalue weighted by Gasteiger charge is -2.26. The van der Waals surface area contributed by atoms with Crippen LogP contribution in [0.2, 0.25) is 0 Å². The minimum absolute atomic E-state index is 0.107. The van der Waals surface area contributed by atoms with E-state index in [1.165, 1.54) is 11.8 Å². The molecule has 0 saturated carbocycles. The van der Waals surface area contributed by atoms with Crippen LogP contribution in [0.1, 0.15) is 34.1 Å². The summed E-state index contributed by atoms with van der Waals surface area (Å²) in [5.41, 5.74) is -0.141. The molecule has 2 rings (SSSR count). The first-order valence-electron chi connectivity index (χ1n) is 8.32. The number of rotatable bonds is 4. The van der Waals surface area contributed by atoms with Crippen molar-refractivity contribution in [1.29, 1.82) is 0 Å². The monoisotopic (exact) mass is 364 g/mol. The van der Waals surface area contributed by atoms with E-state index < -0.39 is 29.8 Å². The summed E-state index contributed by atoms with van der Waals surface area (Å²) in [6.07, 6.45) is -1.02. The Kier molecular flexibility index (Phi) is 5.74. The number of carboxylic acid groups (broad SMARTS) is 1. The van der Waals surface area contributed by atoms with Crippen LogP contribution in [0.15, 0.2) is 24.3 Å². The maximum atomic E-state index is 12.3. The van der Waals surface area contributed by atoms with Crippen molar-refractivity contribution in [3.63, 3.8) is 0 Å². The van der Waals surface area contributed by atoms with Gasteiger partial charge in [-0.1, -0.05) is 6.07 Å². The molecule has 1 aliphatic rings. The van der Waals surface area contributed by atoms with Gasteiger partial charge < -0.3 is 19.9 Å². The highest BCUT2D eigenvalue weighted by Crippen LogP contribution is 2.26. The molecule has 0 bridgehead atoms. The fourth-order valence-corrected chi connectivity index (χ4v) is 2.68. The Morgan fingerprint density at radius 1 is 1.27 bits per heavy atom. The number of carboxylic acids is 1. The number of carbonyl (C=O) groups excluding carboxylic acids is 2. The van der Waals surface area contributed by atoms with Gasteiger partial charge in [-0.2, -0.15) is 0 Å². The summed E-state index contributed by atoms with van der Waals surface area (Å²) in [7, 11) is 0. The number of likely N-dealkylation sites (tertiary alicyclic amines) is 1. The fourth-order valence-electron chi connectivity index (χ4n) is 2.68. The molecule has 0 unspecified atom stereocenters. The number of benzene rings is 1. The number of amides is 2. The van der Waals surface area contributed by atoms with Crippen molar-refractivity contribution in [2.45, 2.75) is 51.9 Å². The molecule has 2 amide bonds. The molecule has 0 spiro atoms. The van der Waals surface area contributed by atoms with E-state index in [0.29, 0.717) is 11.4 Å². The Balaban J connectivity index is 2.08. The number of hydrogen-bond acceptors (Lipinski definition) is 5. The first-order chi connectivity index (χ1) is 12.0. The molecule has 1 aromatic carbocycles. The third-order valence-corrected chi connectivity index (χ3v) is 3.63. The molecule has 1 aliphatic heterocycles. The predicted molar refractivity (Wildman–Crippen MR) is 94.1 cm³/mol. The smallest absolute Gasteiger partial charge is 0.411 e. The maximum Gasteiger partial charge on any atom is 0.411 e. The van der Waals surface area contributed by atoms with Crippen molar-refractivity contribution >= 4 is 23.7 Å². The van der Waals surface area contributed by atoms with Gasteiger partial charge in [0.15, 0.2) is 0 Å². The second-order valence-corrected chi connectivity index (χ2v) is 7.17. The van der Waals surface area contributed by atoms with Gasteiger partial charge in [-0.25, -0.2) is 9.59 Å². The largest absolute Gasteiger partial charge is 0.488 e. The average Bonchev–Trinajstić information content (AvgIpc) is 2.89. The number of nitrogens with zero attached hydrogens (tertiary/aromatic N) is 1. The summed E-state index contributed by atoms with van der Waals surface area (Å²) in [6.45, 7) is 6.67. The van der Waals surface area contributed by atoms with Gasteiger partial charge in [0.25, 0.3) is 0 Å². The zero-order chi connectivity index (χ0) is 19.5. The molecular formula is C18H24N2O6. The minimum Gasteiger partial charge on any atom is -0.488 e. The molecule has 26 heavy (non-hydrogen) atoms. The highest BCUT2D eigenvalue weighted by Gasteiger charge is 2.42. The third-order valence-electron chi connectivity index (χ3n) is 3.63. The number of ether oxygens (including phenoxy) is 2. The van der Waals surface area contributed by atoms with Crippen molar-refractivity contribution in [3.8, 4) is 5.75 Å². The Bertz CT molecular complexity index is 697. The number of anilines is 1. The molecular weight excluding hydrogens is 340 g/mol. The van der Waals surface area contributed by atoms with E-state index in [1.807, 2.05) is 0 Å². The normalized spacial score (nSPS) is 19.8. The molecule has 1 fully saturated rings. The fraction of sp³-hybridized carbons (Fsp3) is 0.500. The van der Waals surface area contributed by atoms with E-state index in [1.54, 1.807) is 45.0 Å². The number of carbonyl (C=O) groups is 3. The van der Waals surface area contributed by atoms with Gasteiger partial charge in [-0.05, 0) is 32.9 Å². The van der Waals surface area contributed by atoms with Gasteiger partial charge in [-0.3, -0.25) is 9.69 Å². The standard InChI is InChI=1S/C18H24N2O6/c1-11(21)19-12-6-5-7-13(8-12)25-14-9-15(16(22)23)20(10-14)17(24)26-18(2,3)4/h5-8,14-15H,9-10H2,1-4H3,(H,19,21)(H,22,23)/t14-,15-/m0/s1. The summed E-state index contributed by atoms with van der Waals surface area (Å²) < 4.78 is 11.1. The summed E-state index contributed by atoms with van der Waals surface area (Å²) in [4.78, 5) is 36.1. The molecule has 0 radical (unpaired) electrons. The van der Waals surface area contributed by atoms with E-state index in [4.69, 9.17) is 9.47 Å². The lowest BCUT2D eigenvalue weighted by Crippen LogP contribution is -2.43. The highest BCUT2D eigenvalue weighted by atomic mass is 16.6. The molecule has 0 aliphatic carbocycles. The predicted octanol–water partition coefficient (Wildman–Crippen LogP) is 2.49. The average molecular weight is 364 g/mol. The van der Waals surface area contributed by atoms with Crippen molar-refractivity contribution < 1.29 is 29.0 Å². The zero-order valence-electron chi connectivity index (χ0n) is 15.3. The van der Waals surface area contributed by atoms with Crippen molar-refractivity contribution in [3.05, 3.63) is 24.3 Å². The van der Waals surface area contributed by atoms with Crippen LogP contribution in [0, 0.1) is 0 Å². The topological polar surface area (TPSA) is 105 Å². The molecule has 2 N–H and O–H groups in total. The maximum absolute atomic E-state index is 12.3. The second-order valence-electron chi connectivity index (χ2n) is 7.17. The van der Waals surface area contributed by atoms with Crippen LogP contribution in [0.3, 0.4) is 0 Å². The van der Waals surface area contributed by atoms with E-state index in [2.05, 4.69) is 5.32 Å². The first-order valence-corrected chi connectivity index (χ1v) is 8.32. The lowest BCUT2D eigenvalue weighted by molar-refractivity contribution is -0.142. The first kappa shape index (κ1) is 19.6. The van der Waals surface area contributed by atoms with Crippen LogP contribution >= 0.6 is 0 Å². The Labute approximate surface area is 152 Å². The van der Waals surface area contributed by atoms with E-state index in [-0.39, 0.29) is 18.9 Å². The van der Waals surface area contributed by atoms with Crippen molar-refractivity contribution in [1.82, 2.24) is 4.90 Å².